The Morgan fingerprint density at radius 3 is 2.61 bits per heavy atom. The lowest BCUT2D eigenvalue weighted by atomic mass is 10.2. The Labute approximate surface area is 184 Å². The number of fused-ring (bicyclic) bond motifs is 1. The Morgan fingerprint density at radius 2 is 1.84 bits per heavy atom. The number of rotatable bonds is 5. The molecule has 1 amide bonds. The highest BCUT2D eigenvalue weighted by molar-refractivity contribution is 8.00. The van der Waals surface area contributed by atoms with Gasteiger partial charge >= 0.3 is 0 Å². The molecule has 0 bridgehead atoms. The van der Waals surface area contributed by atoms with Crippen LogP contribution < -0.4 is 4.90 Å². The summed E-state index contributed by atoms with van der Waals surface area (Å²) >= 11 is 1.43. The largest absolute Gasteiger partial charge is 0.469 e. The Balaban J connectivity index is 1.48. The lowest BCUT2D eigenvalue weighted by molar-refractivity contribution is -0.117. The first-order valence-corrected chi connectivity index (χ1v) is 11.1. The molecule has 4 aromatic rings. The van der Waals surface area contributed by atoms with Crippen LogP contribution >= 0.6 is 11.8 Å². The zero-order valence-electron chi connectivity index (χ0n) is 17.4. The molecule has 0 saturated carbocycles. The van der Waals surface area contributed by atoms with Crippen LogP contribution in [0.5, 0.6) is 0 Å². The van der Waals surface area contributed by atoms with E-state index in [0.29, 0.717) is 17.5 Å². The normalized spacial score (nSPS) is 13.9. The Morgan fingerprint density at radius 1 is 1.06 bits per heavy atom. The minimum atomic E-state index is -0.309. The van der Waals surface area contributed by atoms with Crippen molar-refractivity contribution in [3.8, 4) is 17.1 Å². The summed E-state index contributed by atoms with van der Waals surface area (Å²) in [7, 11) is 0. The second kappa shape index (κ2) is 8.07. The first kappa shape index (κ1) is 19.6. The first-order valence-electron chi connectivity index (χ1n) is 10.2. The third kappa shape index (κ3) is 3.55. The molecule has 0 N–H and O–H groups in total. The van der Waals surface area contributed by atoms with Gasteiger partial charge in [-0.25, -0.2) is 0 Å². The summed E-state index contributed by atoms with van der Waals surface area (Å²) in [5.41, 5.74) is 4.06. The van der Waals surface area contributed by atoms with Gasteiger partial charge in [0, 0.05) is 17.9 Å². The van der Waals surface area contributed by atoms with Crippen molar-refractivity contribution >= 4 is 23.4 Å². The maximum atomic E-state index is 13.3. The number of nitrogens with zero attached hydrogens (tertiary/aromatic N) is 4. The average molecular weight is 431 g/mol. The molecule has 0 saturated heterocycles. The van der Waals surface area contributed by atoms with Gasteiger partial charge in [-0.05, 0) is 50.1 Å². The van der Waals surface area contributed by atoms with Crippen LogP contribution in [0, 0.1) is 6.92 Å². The fraction of sp³-hybridized carbons (Fsp3) is 0.208. The van der Waals surface area contributed by atoms with Crippen molar-refractivity contribution in [1.82, 2.24) is 14.8 Å². The third-order valence-corrected chi connectivity index (χ3v) is 6.56. The van der Waals surface area contributed by atoms with E-state index in [1.807, 2.05) is 77.9 Å². The number of hydrogen-bond acceptors (Lipinski definition) is 5. The summed E-state index contributed by atoms with van der Waals surface area (Å²) in [6, 6.07) is 19.9. The van der Waals surface area contributed by atoms with Crippen LogP contribution in [-0.2, 0) is 11.2 Å². The number of thioether (sulfide) groups is 1. The van der Waals surface area contributed by atoms with Gasteiger partial charge in [0.1, 0.15) is 5.76 Å². The molecule has 1 aliphatic heterocycles. The SMILES string of the molecule is Cc1occc1-c1nnc(S[C@@H](C)C(=O)N2CCc3ccccc32)n1-c1ccccc1. The van der Waals surface area contributed by atoms with Crippen molar-refractivity contribution in [3.63, 3.8) is 0 Å². The number of amides is 1. The van der Waals surface area contributed by atoms with Gasteiger partial charge in [0.25, 0.3) is 0 Å². The molecule has 0 aliphatic carbocycles. The second-order valence-electron chi connectivity index (χ2n) is 7.50. The molecule has 1 atom stereocenters. The molecule has 6 nitrogen and oxygen atoms in total. The molecule has 156 valence electrons. The summed E-state index contributed by atoms with van der Waals surface area (Å²) in [6.07, 6.45) is 2.54. The van der Waals surface area contributed by atoms with E-state index in [0.717, 1.165) is 29.1 Å². The zero-order chi connectivity index (χ0) is 21.4. The topological polar surface area (TPSA) is 64.2 Å². The van der Waals surface area contributed by atoms with E-state index in [9.17, 15) is 4.79 Å². The van der Waals surface area contributed by atoms with Crippen LogP contribution in [0.15, 0.2) is 76.5 Å². The molecule has 0 unspecified atom stereocenters. The molecule has 7 heteroatoms. The molecule has 3 heterocycles. The van der Waals surface area contributed by atoms with Gasteiger partial charge in [-0.15, -0.1) is 10.2 Å². The molecule has 31 heavy (non-hydrogen) atoms. The number of carbonyl (C=O) groups excluding carboxylic acids is 1. The molecular weight excluding hydrogens is 408 g/mol. The number of anilines is 1. The molecule has 0 fully saturated rings. The number of aromatic nitrogens is 3. The maximum Gasteiger partial charge on any atom is 0.240 e. The van der Waals surface area contributed by atoms with Crippen molar-refractivity contribution in [3.05, 3.63) is 78.3 Å². The molecular formula is C24H22N4O2S. The minimum absolute atomic E-state index is 0.0820. The summed E-state index contributed by atoms with van der Waals surface area (Å²) in [5.74, 6) is 1.56. The number of para-hydroxylation sites is 2. The summed E-state index contributed by atoms with van der Waals surface area (Å²) in [4.78, 5) is 15.2. The van der Waals surface area contributed by atoms with E-state index in [1.165, 1.54) is 17.3 Å². The van der Waals surface area contributed by atoms with Crippen LogP contribution in [0.2, 0.25) is 0 Å². The van der Waals surface area contributed by atoms with Gasteiger partial charge in [0.2, 0.25) is 5.91 Å². The highest BCUT2D eigenvalue weighted by atomic mass is 32.2. The van der Waals surface area contributed by atoms with E-state index in [4.69, 9.17) is 4.42 Å². The van der Waals surface area contributed by atoms with E-state index in [1.54, 1.807) is 6.26 Å². The summed E-state index contributed by atoms with van der Waals surface area (Å²) in [6.45, 7) is 4.55. The molecule has 1 aliphatic rings. The van der Waals surface area contributed by atoms with E-state index in [-0.39, 0.29) is 11.2 Å². The van der Waals surface area contributed by atoms with Crippen molar-refractivity contribution in [1.29, 1.82) is 0 Å². The lowest BCUT2D eigenvalue weighted by Crippen LogP contribution is -2.35. The third-order valence-electron chi connectivity index (χ3n) is 5.53. The van der Waals surface area contributed by atoms with Crippen LogP contribution in [0.25, 0.3) is 17.1 Å². The molecule has 0 spiro atoms. The Kier molecular flexibility index (Phi) is 5.11. The van der Waals surface area contributed by atoms with E-state index < -0.39 is 0 Å². The standard InChI is InChI=1S/C24H22N4O2S/c1-16-20(13-15-30-16)22-25-26-24(28(22)19-9-4-3-5-10-19)31-17(2)23(29)27-14-12-18-8-6-7-11-21(18)27/h3-11,13,15,17H,12,14H2,1-2H3/t17-/m0/s1. The number of furan rings is 1. The number of benzene rings is 2. The van der Waals surface area contributed by atoms with Crippen LogP contribution in [-0.4, -0.2) is 32.5 Å². The minimum Gasteiger partial charge on any atom is -0.469 e. The summed E-state index contributed by atoms with van der Waals surface area (Å²) in [5, 5.41) is 9.26. The van der Waals surface area contributed by atoms with Crippen LogP contribution in [0.3, 0.4) is 0 Å². The van der Waals surface area contributed by atoms with Gasteiger partial charge in [-0.3, -0.25) is 9.36 Å². The Hall–Kier alpha value is -3.32. The number of carbonyl (C=O) groups is 1. The van der Waals surface area contributed by atoms with Gasteiger partial charge < -0.3 is 9.32 Å². The van der Waals surface area contributed by atoms with Crippen molar-refractivity contribution in [2.75, 3.05) is 11.4 Å². The predicted molar refractivity (Wildman–Crippen MR) is 122 cm³/mol. The quantitative estimate of drug-likeness (QED) is 0.421. The monoisotopic (exact) mass is 430 g/mol. The van der Waals surface area contributed by atoms with Gasteiger partial charge in [0.05, 0.1) is 17.1 Å². The first-order chi connectivity index (χ1) is 15.1. The lowest BCUT2D eigenvalue weighted by Gasteiger charge is -2.21. The molecule has 5 rings (SSSR count). The van der Waals surface area contributed by atoms with Gasteiger partial charge in [0.15, 0.2) is 11.0 Å². The second-order valence-corrected chi connectivity index (χ2v) is 8.80. The molecule has 2 aromatic heterocycles. The van der Waals surface area contributed by atoms with Gasteiger partial charge in [-0.1, -0.05) is 48.2 Å². The number of hydrogen-bond donors (Lipinski definition) is 0. The molecule has 0 radical (unpaired) electrons. The van der Waals surface area contributed by atoms with Crippen molar-refractivity contribution in [2.45, 2.75) is 30.7 Å². The van der Waals surface area contributed by atoms with Crippen molar-refractivity contribution < 1.29 is 9.21 Å². The summed E-state index contributed by atoms with van der Waals surface area (Å²) < 4.78 is 7.48. The smallest absolute Gasteiger partial charge is 0.240 e. The zero-order valence-corrected chi connectivity index (χ0v) is 18.2. The maximum absolute atomic E-state index is 13.3. The number of aryl methyl sites for hydroxylation is 1. The van der Waals surface area contributed by atoms with E-state index >= 15 is 0 Å². The van der Waals surface area contributed by atoms with Gasteiger partial charge in [-0.2, -0.15) is 0 Å². The Bertz CT molecular complexity index is 1230. The predicted octanol–water partition coefficient (Wildman–Crippen LogP) is 4.91. The average Bonchev–Trinajstić information content (AvgIpc) is 3.51. The fourth-order valence-corrected chi connectivity index (χ4v) is 4.87. The molecule has 2 aromatic carbocycles. The fourth-order valence-electron chi connectivity index (χ4n) is 3.94. The highest BCUT2D eigenvalue weighted by Crippen LogP contribution is 2.34. The van der Waals surface area contributed by atoms with Crippen LogP contribution in [0.4, 0.5) is 5.69 Å². The van der Waals surface area contributed by atoms with Crippen molar-refractivity contribution in [2.24, 2.45) is 0 Å². The van der Waals surface area contributed by atoms with Crippen LogP contribution in [0.1, 0.15) is 18.2 Å². The highest BCUT2D eigenvalue weighted by Gasteiger charge is 2.30. The van der Waals surface area contributed by atoms with E-state index in [2.05, 4.69) is 16.3 Å².